The summed E-state index contributed by atoms with van der Waals surface area (Å²) >= 11 is 0.852. The van der Waals surface area contributed by atoms with Crippen LogP contribution in [-0.2, 0) is 4.79 Å². The van der Waals surface area contributed by atoms with Crippen LogP contribution in [-0.4, -0.2) is 16.1 Å². The maximum Gasteiger partial charge on any atom is 0.290 e. The zero-order chi connectivity index (χ0) is 19.8. The van der Waals surface area contributed by atoms with Crippen molar-refractivity contribution in [1.29, 1.82) is 0 Å². The van der Waals surface area contributed by atoms with Gasteiger partial charge in [-0.05, 0) is 49.7 Å². The Hall–Kier alpha value is -3.30. The lowest BCUT2D eigenvalue weighted by Gasteiger charge is -2.04. The van der Waals surface area contributed by atoms with E-state index in [1.54, 1.807) is 24.5 Å². The Kier molecular flexibility index (Phi) is 4.54. The van der Waals surface area contributed by atoms with E-state index in [1.165, 1.54) is 5.56 Å². The number of aromatic nitrogens is 1. The number of nitrogens with zero attached hydrogens (tertiary/aromatic N) is 1. The summed E-state index contributed by atoms with van der Waals surface area (Å²) in [4.78, 5) is 27.6. The molecule has 1 aliphatic rings. The molecule has 3 aromatic rings. The van der Waals surface area contributed by atoms with Crippen LogP contribution in [0.4, 0.5) is 4.79 Å². The Bertz CT molecular complexity index is 1220. The van der Waals surface area contributed by atoms with E-state index in [4.69, 9.17) is 4.42 Å². The summed E-state index contributed by atoms with van der Waals surface area (Å²) in [5, 5.41) is 2.62. The van der Waals surface area contributed by atoms with Crippen molar-refractivity contribution in [3.05, 3.63) is 69.1 Å². The first-order valence-corrected chi connectivity index (χ1v) is 9.44. The van der Waals surface area contributed by atoms with Gasteiger partial charge in [0, 0.05) is 29.4 Å². The first-order valence-electron chi connectivity index (χ1n) is 8.63. The first kappa shape index (κ1) is 18.1. The van der Waals surface area contributed by atoms with Crippen LogP contribution in [0, 0.1) is 32.6 Å². The first-order chi connectivity index (χ1) is 13.4. The number of hydrogen-bond donors (Lipinski definition) is 1. The van der Waals surface area contributed by atoms with Crippen LogP contribution in [0.1, 0.15) is 33.6 Å². The number of nitrogens with one attached hydrogen (secondary N) is 1. The van der Waals surface area contributed by atoms with E-state index in [9.17, 15) is 9.59 Å². The van der Waals surface area contributed by atoms with E-state index in [1.807, 2.05) is 13.8 Å². The number of fused-ring (bicyclic) bond motifs is 1. The van der Waals surface area contributed by atoms with Crippen molar-refractivity contribution < 1.29 is 14.0 Å². The average molecular weight is 388 g/mol. The number of hydrogen-bond acceptors (Lipinski definition) is 5. The average Bonchev–Trinajstić information content (AvgIpc) is 3.16. The largest absolute Gasteiger partial charge is 0.455 e. The Balaban J connectivity index is 1.75. The van der Waals surface area contributed by atoms with Gasteiger partial charge in [0.25, 0.3) is 11.1 Å². The van der Waals surface area contributed by atoms with E-state index >= 15 is 0 Å². The lowest BCUT2D eigenvalue weighted by molar-refractivity contribution is -0.115. The van der Waals surface area contributed by atoms with Gasteiger partial charge in [0.2, 0.25) is 0 Å². The fourth-order valence-electron chi connectivity index (χ4n) is 3.20. The molecule has 28 heavy (non-hydrogen) atoms. The molecule has 0 aliphatic carbocycles. The summed E-state index contributed by atoms with van der Waals surface area (Å²) in [7, 11) is 0. The molecular formula is C22H16N2O3S. The third-order valence-corrected chi connectivity index (χ3v) is 5.17. The topological polar surface area (TPSA) is 72.2 Å². The van der Waals surface area contributed by atoms with Gasteiger partial charge >= 0.3 is 0 Å². The van der Waals surface area contributed by atoms with Gasteiger partial charge in [0.05, 0.1) is 10.5 Å². The van der Waals surface area contributed by atoms with Crippen molar-refractivity contribution in [1.82, 2.24) is 10.3 Å². The van der Waals surface area contributed by atoms with Crippen molar-refractivity contribution in [2.45, 2.75) is 20.8 Å². The molecule has 3 heterocycles. The molecule has 1 aliphatic heterocycles. The number of carbonyl (C=O) groups excluding carboxylic acids is 2. The summed E-state index contributed by atoms with van der Waals surface area (Å²) in [5.74, 6) is 6.45. The molecule has 0 atom stereocenters. The van der Waals surface area contributed by atoms with E-state index in [-0.39, 0.29) is 5.24 Å². The van der Waals surface area contributed by atoms with Gasteiger partial charge in [-0.15, -0.1) is 0 Å². The fourth-order valence-corrected chi connectivity index (χ4v) is 3.86. The standard InChI is InChI=1S/C22H16N2O3S/c1-12-6-13(2)18(14(3)7-12)5-4-15-10-23-11-16-8-17(27-20(15)16)9-19-21(25)24-22(26)28-19/h6-11H,1-3H3,(H,24,25,26). The molecule has 138 valence electrons. The minimum atomic E-state index is -0.418. The highest BCUT2D eigenvalue weighted by Gasteiger charge is 2.25. The van der Waals surface area contributed by atoms with Gasteiger partial charge in [-0.3, -0.25) is 19.9 Å². The minimum Gasteiger partial charge on any atom is -0.455 e. The molecule has 6 heteroatoms. The number of rotatable bonds is 1. The molecule has 1 saturated heterocycles. The minimum absolute atomic E-state index is 0.301. The monoisotopic (exact) mass is 388 g/mol. The highest BCUT2D eigenvalue weighted by atomic mass is 32.2. The molecule has 4 rings (SSSR count). The molecule has 0 bridgehead atoms. The van der Waals surface area contributed by atoms with Crippen molar-refractivity contribution in [2.75, 3.05) is 0 Å². The molecule has 0 spiro atoms. The molecule has 1 fully saturated rings. The van der Waals surface area contributed by atoms with Crippen LogP contribution in [0.25, 0.3) is 17.0 Å². The molecule has 0 unspecified atom stereocenters. The molecule has 0 radical (unpaired) electrons. The van der Waals surface area contributed by atoms with Gasteiger partial charge < -0.3 is 4.42 Å². The van der Waals surface area contributed by atoms with Crippen LogP contribution in [0.3, 0.4) is 0 Å². The summed E-state index contributed by atoms with van der Waals surface area (Å²) < 4.78 is 5.89. The van der Waals surface area contributed by atoms with Gasteiger partial charge in [0.15, 0.2) is 5.58 Å². The second-order valence-corrected chi connectivity index (χ2v) is 7.64. The van der Waals surface area contributed by atoms with Crippen LogP contribution in [0.2, 0.25) is 0 Å². The van der Waals surface area contributed by atoms with Crippen molar-refractivity contribution in [2.24, 2.45) is 0 Å². The normalized spacial score (nSPS) is 15.0. The van der Waals surface area contributed by atoms with Crippen molar-refractivity contribution in [3.63, 3.8) is 0 Å². The van der Waals surface area contributed by atoms with E-state index in [0.29, 0.717) is 21.8 Å². The zero-order valence-electron chi connectivity index (χ0n) is 15.5. The molecule has 1 N–H and O–H groups in total. The predicted octanol–water partition coefficient (Wildman–Crippen LogP) is 4.48. The number of pyridine rings is 1. The van der Waals surface area contributed by atoms with Gasteiger partial charge in [0.1, 0.15) is 5.76 Å². The highest BCUT2D eigenvalue weighted by Crippen LogP contribution is 2.29. The highest BCUT2D eigenvalue weighted by molar-refractivity contribution is 8.18. The van der Waals surface area contributed by atoms with Crippen LogP contribution in [0.15, 0.2) is 39.9 Å². The summed E-state index contributed by atoms with van der Waals surface area (Å²) in [6, 6.07) is 6.00. The summed E-state index contributed by atoms with van der Waals surface area (Å²) in [5.41, 5.74) is 5.73. The SMILES string of the molecule is Cc1cc(C)c(C#Cc2cncc3cc(C=C4SC(=O)NC4=O)oc23)c(C)c1. The third-order valence-electron chi connectivity index (χ3n) is 4.36. The van der Waals surface area contributed by atoms with Gasteiger partial charge in [-0.1, -0.05) is 29.5 Å². The molecule has 5 nitrogen and oxygen atoms in total. The summed E-state index contributed by atoms with van der Waals surface area (Å²) in [6.45, 7) is 6.16. The predicted molar refractivity (Wildman–Crippen MR) is 110 cm³/mol. The van der Waals surface area contributed by atoms with Crippen molar-refractivity contribution >= 4 is 40.0 Å². The molecule has 1 aromatic carbocycles. The number of benzene rings is 1. The van der Waals surface area contributed by atoms with Crippen molar-refractivity contribution in [3.8, 4) is 11.8 Å². The number of carbonyl (C=O) groups is 2. The quantitative estimate of drug-likeness (QED) is 0.492. The van der Waals surface area contributed by atoms with E-state index < -0.39 is 5.91 Å². The number of thioether (sulfide) groups is 1. The fraction of sp³-hybridized carbons (Fsp3) is 0.136. The Morgan fingerprint density at radius 2 is 1.82 bits per heavy atom. The van der Waals surface area contributed by atoms with E-state index in [2.05, 4.69) is 41.2 Å². The lowest BCUT2D eigenvalue weighted by Crippen LogP contribution is -2.17. The Morgan fingerprint density at radius 1 is 1.07 bits per heavy atom. The van der Waals surface area contributed by atoms with Gasteiger partial charge in [-0.25, -0.2) is 0 Å². The van der Waals surface area contributed by atoms with E-state index in [0.717, 1.165) is 33.8 Å². The number of aryl methyl sites for hydroxylation is 3. The maximum atomic E-state index is 11.7. The number of amides is 2. The molecule has 2 amide bonds. The zero-order valence-corrected chi connectivity index (χ0v) is 16.4. The number of furan rings is 1. The maximum absolute atomic E-state index is 11.7. The molecule has 0 saturated carbocycles. The molecular weight excluding hydrogens is 372 g/mol. The Morgan fingerprint density at radius 3 is 2.50 bits per heavy atom. The van der Waals surface area contributed by atoms with Crippen LogP contribution >= 0.6 is 11.8 Å². The van der Waals surface area contributed by atoms with Gasteiger partial charge in [-0.2, -0.15) is 0 Å². The molecule has 2 aromatic heterocycles. The number of imide groups is 1. The Labute approximate surface area is 166 Å². The smallest absolute Gasteiger partial charge is 0.290 e. The second-order valence-electron chi connectivity index (χ2n) is 6.63. The van der Waals surface area contributed by atoms with Crippen LogP contribution in [0.5, 0.6) is 0 Å². The lowest BCUT2D eigenvalue weighted by atomic mass is 10.00. The summed E-state index contributed by atoms with van der Waals surface area (Å²) in [6.07, 6.45) is 4.90. The second kappa shape index (κ2) is 7.02. The third kappa shape index (κ3) is 3.45. The van der Waals surface area contributed by atoms with Crippen LogP contribution < -0.4 is 5.32 Å².